The van der Waals surface area contributed by atoms with Crippen LogP contribution in [0.2, 0.25) is 0 Å². The molecule has 2 rings (SSSR count). The van der Waals surface area contributed by atoms with Gasteiger partial charge in [-0.1, -0.05) is 84.5 Å². The Hall–Kier alpha value is -1.27. The van der Waals surface area contributed by atoms with Crippen molar-refractivity contribution in [3.05, 3.63) is 10.8 Å². The van der Waals surface area contributed by atoms with Gasteiger partial charge in [-0.2, -0.15) is 0 Å². The molecule has 1 atom stereocenters. The van der Waals surface area contributed by atoms with Crippen molar-refractivity contribution in [1.82, 2.24) is 0 Å². The van der Waals surface area contributed by atoms with E-state index in [1.165, 1.54) is 70.6 Å². The van der Waals surface area contributed by atoms with E-state index >= 15 is 0 Å². The lowest BCUT2D eigenvalue weighted by molar-refractivity contribution is -0.148. The van der Waals surface area contributed by atoms with Crippen LogP contribution in [0.25, 0.3) is 0 Å². The Balaban J connectivity index is 0.000000330. The van der Waals surface area contributed by atoms with Crippen molar-refractivity contribution < 1.29 is 23.7 Å². The number of unbranched alkanes of at least 4 members (excludes halogenated alkanes) is 10. The smallest absolute Gasteiger partial charge is 0.332 e. The van der Waals surface area contributed by atoms with Crippen LogP contribution in [0.5, 0.6) is 11.5 Å². The van der Waals surface area contributed by atoms with Crippen molar-refractivity contribution in [2.24, 2.45) is 0 Å². The summed E-state index contributed by atoms with van der Waals surface area (Å²) in [6, 6.07) is 0. The molecule has 0 amide bonds. The minimum absolute atomic E-state index is 0.00881. The van der Waals surface area contributed by atoms with Gasteiger partial charge in [0.2, 0.25) is 0 Å². The van der Waals surface area contributed by atoms with Crippen LogP contribution in [0.4, 0.5) is 0 Å². The van der Waals surface area contributed by atoms with Crippen molar-refractivity contribution >= 4 is 17.3 Å². The zero-order chi connectivity index (χ0) is 22.6. The molecule has 0 aliphatic carbocycles. The number of thiophene rings is 1. The Morgan fingerprint density at radius 3 is 2.10 bits per heavy atom. The quantitative estimate of drug-likeness (QED) is 0.195. The summed E-state index contributed by atoms with van der Waals surface area (Å²) in [4.78, 5) is 11.0. The highest BCUT2D eigenvalue weighted by atomic mass is 32.1. The summed E-state index contributed by atoms with van der Waals surface area (Å²) in [6.45, 7) is 7.67. The molecule has 0 spiro atoms. The molecule has 1 aliphatic heterocycles. The molecule has 0 fully saturated rings. The standard InChI is InChI=1S/C13H28.C12H16O5S/c1-3-5-7-9-11-13-12-10-8-6-4-2;1-2-15-12(13)6-14-4-3-9-5-16-10-7-18-8-11(10)17-9/h3-13H2,1-2H3;7-9H,2-6H2,1H3. The second kappa shape index (κ2) is 19.4. The molecule has 0 radical (unpaired) electrons. The second-order valence-corrected chi connectivity index (χ2v) is 8.72. The minimum atomic E-state index is -0.335. The molecule has 0 saturated carbocycles. The number of rotatable bonds is 16. The van der Waals surface area contributed by atoms with Gasteiger partial charge in [0.1, 0.15) is 19.3 Å². The molecule has 1 unspecified atom stereocenters. The molecule has 0 aromatic carbocycles. The number of hydrogen-bond acceptors (Lipinski definition) is 6. The Kier molecular flexibility index (Phi) is 17.4. The van der Waals surface area contributed by atoms with E-state index in [0.717, 1.165) is 11.5 Å². The van der Waals surface area contributed by atoms with Gasteiger partial charge in [-0.25, -0.2) is 4.79 Å². The summed E-state index contributed by atoms with van der Waals surface area (Å²) in [6.07, 6.45) is 16.6. The van der Waals surface area contributed by atoms with Crippen molar-refractivity contribution in [3.63, 3.8) is 0 Å². The van der Waals surface area contributed by atoms with E-state index in [9.17, 15) is 4.79 Å². The van der Waals surface area contributed by atoms with Gasteiger partial charge in [-0.05, 0) is 6.92 Å². The lowest BCUT2D eigenvalue weighted by atomic mass is 10.1. The normalized spacial score (nSPS) is 14.6. The summed E-state index contributed by atoms with van der Waals surface area (Å²) in [5, 5.41) is 3.84. The fraction of sp³-hybridized carbons (Fsp3) is 0.800. The molecule has 5 nitrogen and oxygen atoms in total. The maximum Gasteiger partial charge on any atom is 0.332 e. The van der Waals surface area contributed by atoms with Crippen LogP contribution in [0.3, 0.4) is 0 Å². The van der Waals surface area contributed by atoms with Gasteiger partial charge in [0.15, 0.2) is 11.5 Å². The van der Waals surface area contributed by atoms with Crippen LogP contribution in [0.15, 0.2) is 10.8 Å². The van der Waals surface area contributed by atoms with Crippen LogP contribution in [0.1, 0.15) is 97.8 Å². The Morgan fingerprint density at radius 1 is 0.935 bits per heavy atom. The highest BCUT2D eigenvalue weighted by molar-refractivity contribution is 7.08. The molecule has 1 aromatic rings. The maximum atomic E-state index is 11.0. The third-order valence-corrected chi connectivity index (χ3v) is 5.83. The van der Waals surface area contributed by atoms with Gasteiger partial charge in [0.05, 0.1) is 13.2 Å². The molecule has 0 bridgehead atoms. The minimum Gasteiger partial charge on any atom is -0.485 e. The van der Waals surface area contributed by atoms with Crippen LogP contribution in [0, 0.1) is 0 Å². The largest absolute Gasteiger partial charge is 0.485 e. The second-order valence-electron chi connectivity index (χ2n) is 7.98. The first-order valence-corrected chi connectivity index (χ1v) is 13.2. The highest BCUT2D eigenvalue weighted by Gasteiger charge is 2.21. The first-order valence-electron chi connectivity index (χ1n) is 12.3. The van der Waals surface area contributed by atoms with Crippen molar-refractivity contribution in [2.75, 3.05) is 26.4 Å². The Bertz CT molecular complexity index is 536. The fourth-order valence-electron chi connectivity index (χ4n) is 3.31. The predicted octanol–water partition coefficient (Wildman–Crippen LogP) is 7.18. The summed E-state index contributed by atoms with van der Waals surface area (Å²) in [5.74, 6) is 1.27. The van der Waals surface area contributed by atoms with Gasteiger partial charge >= 0.3 is 5.97 Å². The first-order chi connectivity index (χ1) is 15.2. The van der Waals surface area contributed by atoms with Crippen LogP contribution in [-0.4, -0.2) is 38.5 Å². The summed E-state index contributed by atoms with van der Waals surface area (Å²) in [7, 11) is 0. The molecule has 1 aromatic heterocycles. The van der Waals surface area contributed by atoms with Crippen molar-refractivity contribution in [1.29, 1.82) is 0 Å². The van der Waals surface area contributed by atoms with E-state index in [0.29, 0.717) is 26.2 Å². The number of esters is 1. The highest BCUT2D eigenvalue weighted by Crippen LogP contribution is 2.35. The van der Waals surface area contributed by atoms with E-state index in [1.807, 2.05) is 10.8 Å². The Morgan fingerprint density at radius 2 is 1.52 bits per heavy atom. The van der Waals surface area contributed by atoms with Crippen molar-refractivity contribution in [2.45, 2.75) is 104 Å². The molecular formula is C25H44O5S. The molecule has 0 N–H and O–H groups in total. The molecule has 6 heteroatoms. The third-order valence-electron chi connectivity index (χ3n) is 5.13. The topological polar surface area (TPSA) is 54.0 Å². The molecule has 2 heterocycles. The average Bonchev–Trinajstić information content (AvgIpc) is 3.24. The molecule has 180 valence electrons. The number of carbonyl (C=O) groups is 1. The van der Waals surface area contributed by atoms with Gasteiger partial charge in [0, 0.05) is 17.2 Å². The van der Waals surface area contributed by atoms with E-state index in [4.69, 9.17) is 18.9 Å². The fourth-order valence-corrected chi connectivity index (χ4v) is 3.98. The number of fused-ring (bicyclic) bond motifs is 1. The van der Waals surface area contributed by atoms with E-state index in [2.05, 4.69) is 13.8 Å². The molecule has 1 aliphatic rings. The van der Waals surface area contributed by atoms with Crippen molar-refractivity contribution in [3.8, 4) is 11.5 Å². The summed E-state index contributed by atoms with van der Waals surface area (Å²) >= 11 is 1.55. The van der Waals surface area contributed by atoms with Crippen LogP contribution >= 0.6 is 11.3 Å². The molecule has 31 heavy (non-hydrogen) atoms. The van der Waals surface area contributed by atoms with E-state index < -0.39 is 0 Å². The van der Waals surface area contributed by atoms with Crippen LogP contribution in [-0.2, 0) is 14.3 Å². The summed E-state index contributed by atoms with van der Waals surface area (Å²) < 4.78 is 21.2. The third kappa shape index (κ3) is 14.4. The zero-order valence-electron chi connectivity index (χ0n) is 20.0. The first kappa shape index (κ1) is 27.8. The maximum absolute atomic E-state index is 11.0. The SMILES string of the molecule is CCCCCCCCCCCCC.CCOC(=O)COCCC1COc2cscc2O1. The lowest BCUT2D eigenvalue weighted by Gasteiger charge is -2.24. The van der Waals surface area contributed by atoms with Gasteiger partial charge < -0.3 is 18.9 Å². The summed E-state index contributed by atoms with van der Waals surface area (Å²) in [5.41, 5.74) is 0. The van der Waals surface area contributed by atoms with Gasteiger partial charge in [0.25, 0.3) is 0 Å². The molecule has 0 saturated heterocycles. The number of hydrogen-bond donors (Lipinski definition) is 0. The Labute approximate surface area is 193 Å². The van der Waals surface area contributed by atoms with E-state index in [1.54, 1.807) is 18.3 Å². The van der Waals surface area contributed by atoms with Crippen LogP contribution < -0.4 is 9.47 Å². The average molecular weight is 457 g/mol. The number of carbonyl (C=O) groups excluding carboxylic acids is 1. The van der Waals surface area contributed by atoms with Gasteiger partial charge in [-0.15, -0.1) is 11.3 Å². The van der Waals surface area contributed by atoms with Gasteiger partial charge in [-0.3, -0.25) is 0 Å². The zero-order valence-corrected chi connectivity index (χ0v) is 20.8. The van der Waals surface area contributed by atoms with E-state index in [-0.39, 0.29) is 18.7 Å². The predicted molar refractivity (Wildman–Crippen MR) is 128 cm³/mol. The lowest BCUT2D eigenvalue weighted by Crippen LogP contribution is -2.30. The number of ether oxygens (including phenoxy) is 4. The molecular weight excluding hydrogens is 412 g/mol. The monoisotopic (exact) mass is 456 g/mol.